The maximum Gasteiger partial charge on any atom is 0.408 e. The lowest BCUT2D eigenvalue weighted by molar-refractivity contribution is -0.109. The highest BCUT2D eigenvalue weighted by atomic mass is 16.6. The fourth-order valence-electron chi connectivity index (χ4n) is 1.41. The molecule has 1 unspecified atom stereocenters. The summed E-state index contributed by atoms with van der Waals surface area (Å²) in [5.74, 6) is 0. The normalized spacial score (nSPS) is 12.9. The van der Waals surface area contributed by atoms with Gasteiger partial charge in [0.25, 0.3) is 0 Å². The Hall–Kier alpha value is -1.78. The molecular formula is C12H18N2O3. The van der Waals surface area contributed by atoms with Gasteiger partial charge in [0.1, 0.15) is 17.9 Å². The Bertz CT molecular complexity index is 404. The van der Waals surface area contributed by atoms with Crippen molar-refractivity contribution in [3.63, 3.8) is 0 Å². The first-order valence-electron chi connectivity index (χ1n) is 5.39. The van der Waals surface area contributed by atoms with Gasteiger partial charge in [-0.2, -0.15) is 0 Å². The summed E-state index contributed by atoms with van der Waals surface area (Å²) in [6.07, 6.45) is 1.89. The van der Waals surface area contributed by atoms with E-state index in [1.54, 1.807) is 31.4 Å². The molecule has 1 N–H and O–H groups in total. The Kier molecular flexibility index (Phi) is 3.93. The van der Waals surface area contributed by atoms with Gasteiger partial charge in [0, 0.05) is 18.9 Å². The number of carbonyl (C=O) groups is 2. The number of hydrogen-bond acceptors (Lipinski definition) is 3. The van der Waals surface area contributed by atoms with Crippen molar-refractivity contribution in [1.82, 2.24) is 9.88 Å². The third kappa shape index (κ3) is 3.94. The molecule has 0 aliphatic heterocycles. The SMILES string of the molecule is Cn1cccc1C(C=O)NC(=O)OC(C)(C)C. The van der Waals surface area contributed by atoms with E-state index in [-0.39, 0.29) is 0 Å². The molecule has 1 heterocycles. The Morgan fingerprint density at radius 1 is 1.53 bits per heavy atom. The van der Waals surface area contributed by atoms with Crippen LogP contribution < -0.4 is 5.32 Å². The van der Waals surface area contributed by atoms with Crippen molar-refractivity contribution in [2.24, 2.45) is 7.05 Å². The number of aldehydes is 1. The molecule has 0 saturated heterocycles. The molecule has 0 saturated carbocycles. The highest BCUT2D eigenvalue weighted by Gasteiger charge is 2.21. The predicted octanol–water partition coefficient (Wildman–Crippen LogP) is 1.79. The van der Waals surface area contributed by atoms with E-state index in [9.17, 15) is 9.59 Å². The summed E-state index contributed by atoms with van der Waals surface area (Å²) < 4.78 is 6.86. The zero-order chi connectivity index (χ0) is 13.1. The summed E-state index contributed by atoms with van der Waals surface area (Å²) in [6.45, 7) is 5.31. The minimum atomic E-state index is -0.690. The average Bonchev–Trinajstić information content (AvgIpc) is 2.58. The van der Waals surface area contributed by atoms with Gasteiger partial charge < -0.3 is 19.4 Å². The highest BCUT2D eigenvalue weighted by Crippen LogP contribution is 2.12. The Labute approximate surface area is 101 Å². The Morgan fingerprint density at radius 3 is 2.59 bits per heavy atom. The van der Waals surface area contributed by atoms with Gasteiger partial charge in [-0.15, -0.1) is 0 Å². The highest BCUT2D eigenvalue weighted by molar-refractivity contribution is 5.74. The summed E-state index contributed by atoms with van der Waals surface area (Å²) in [5, 5.41) is 2.52. The van der Waals surface area contributed by atoms with Crippen LogP contribution in [0.2, 0.25) is 0 Å². The number of amides is 1. The van der Waals surface area contributed by atoms with Crippen LogP contribution in [0.15, 0.2) is 18.3 Å². The van der Waals surface area contributed by atoms with Gasteiger partial charge in [-0.3, -0.25) is 0 Å². The molecule has 5 nitrogen and oxygen atoms in total. The minimum absolute atomic E-state index is 0.578. The fourth-order valence-corrected chi connectivity index (χ4v) is 1.41. The molecule has 1 aromatic rings. The number of aryl methyl sites for hydroxylation is 1. The second-order valence-corrected chi connectivity index (χ2v) is 4.80. The molecule has 0 radical (unpaired) electrons. The molecule has 1 rings (SSSR count). The third-order valence-electron chi connectivity index (χ3n) is 2.11. The van der Waals surface area contributed by atoms with Crippen molar-refractivity contribution in [3.8, 4) is 0 Å². The number of hydrogen-bond donors (Lipinski definition) is 1. The molecule has 0 fully saturated rings. The van der Waals surface area contributed by atoms with Crippen LogP contribution in [-0.4, -0.2) is 22.5 Å². The van der Waals surface area contributed by atoms with Gasteiger partial charge in [-0.05, 0) is 32.9 Å². The van der Waals surface area contributed by atoms with Gasteiger partial charge in [0.2, 0.25) is 0 Å². The maximum absolute atomic E-state index is 11.5. The van der Waals surface area contributed by atoms with Crippen LogP contribution in [0.25, 0.3) is 0 Å². The van der Waals surface area contributed by atoms with E-state index in [0.717, 1.165) is 0 Å². The van der Waals surface area contributed by atoms with Crippen LogP contribution in [0, 0.1) is 0 Å². The average molecular weight is 238 g/mol. The second kappa shape index (κ2) is 5.03. The van der Waals surface area contributed by atoms with E-state index < -0.39 is 17.7 Å². The van der Waals surface area contributed by atoms with E-state index in [0.29, 0.717) is 12.0 Å². The first-order chi connectivity index (χ1) is 7.83. The number of rotatable bonds is 3. The molecule has 0 aromatic carbocycles. The Morgan fingerprint density at radius 2 is 2.18 bits per heavy atom. The van der Waals surface area contributed by atoms with Crippen molar-refractivity contribution in [1.29, 1.82) is 0 Å². The minimum Gasteiger partial charge on any atom is -0.444 e. The lowest BCUT2D eigenvalue weighted by Gasteiger charge is -2.21. The van der Waals surface area contributed by atoms with Crippen LogP contribution >= 0.6 is 0 Å². The second-order valence-electron chi connectivity index (χ2n) is 4.80. The lowest BCUT2D eigenvalue weighted by Crippen LogP contribution is -2.36. The van der Waals surface area contributed by atoms with Crippen molar-refractivity contribution in [2.45, 2.75) is 32.4 Å². The van der Waals surface area contributed by atoms with Gasteiger partial charge in [0.05, 0.1) is 0 Å². The number of ether oxygens (including phenoxy) is 1. The molecule has 0 bridgehead atoms. The quantitative estimate of drug-likeness (QED) is 0.817. The molecule has 17 heavy (non-hydrogen) atoms. The van der Waals surface area contributed by atoms with Crippen molar-refractivity contribution < 1.29 is 14.3 Å². The monoisotopic (exact) mass is 238 g/mol. The standard InChI is InChI=1S/C12H18N2O3/c1-12(2,3)17-11(16)13-9(8-15)10-6-5-7-14(10)4/h5-9H,1-4H3,(H,13,16). The van der Waals surface area contributed by atoms with Crippen molar-refractivity contribution in [3.05, 3.63) is 24.0 Å². The number of alkyl carbamates (subject to hydrolysis) is 1. The maximum atomic E-state index is 11.5. The molecule has 1 aromatic heterocycles. The zero-order valence-electron chi connectivity index (χ0n) is 10.6. The van der Waals surface area contributed by atoms with Crippen LogP contribution in [0.1, 0.15) is 32.5 Å². The lowest BCUT2D eigenvalue weighted by atomic mass is 10.2. The molecule has 0 spiro atoms. The van der Waals surface area contributed by atoms with Gasteiger partial charge >= 0.3 is 6.09 Å². The topological polar surface area (TPSA) is 60.3 Å². The van der Waals surface area contributed by atoms with Crippen LogP contribution in [0.5, 0.6) is 0 Å². The molecule has 94 valence electrons. The van der Waals surface area contributed by atoms with Gasteiger partial charge in [-0.1, -0.05) is 0 Å². The number of nitrogens with zero attached hydrogens (tertiary/aromatic N) is 1. The summed E-state index contributed by atoms with van der Waals surface area (Å²) in [7, 11) is 1.81. The van der Waals surface area contributed by atoms with Crippen LogP contribution in [0.4, 0.5) is 4.79 Å². The number of carbonyl (C=O) groups excluding carboxylic acids is 2. The Balaban J connectivity index is 2.69. The zero-order valence-corrected chi connectivity index (χ0v) is 10.6. The largest absolute Gasteiger partial charge is 0.444 e. The smallest absolute Gasteiger partial charge is 0.408 e. The molecule has 5 heteroatoms. The summed E-state index contributed by atoms with van der Waals surface area (Å²) in [5.41, 5.74) is 0.136. The molecule has 0 aliphatic carbocycles. The predicted molar refractivity (Wildman–Crippen MR) is 63.6 cm³/mol. The molecule has 0 aliphatic rings. The van der Waals surface area contributed by atoms with Crippen molar-refractivity contribution >= 4 is 12.4 Å². The summed E-state index contributed by atoms with van der Waals surface area (Å²) in [4.78, 5) is 22.5. The van der Waals surface area contributed by atoms with E-state index in [1.165, 1.54) is 0 Å². The first kappa shape index (κ1) is 13.3. The first-order valence-corrected chi connectivity index (χ1v) is 5.39. The number of aromatic nitrogens is 1. The van der Waals surface area contributed by atoms with Crippen LogP contribution in [0.3, 0.4) is 0 Å². The molecule has 1 amide bonds. The van der Waals surface area contributed by atoms with Gasteiger partial charge in [-0.25, -0.2) is 4.79 Å². The fraction of sp³-hybridized carbons (Fsp3) is 0.500. The summed E-state index contributed by atoms with van der Waals surface area (Å²) >= 11 is 0. The van der Waals surface area contributed by atoms with Crippen LogP contribution in [-0.2, 0) is 16.6 Å². The molecule has 1 atom stereocenters. The van der Waals surface area contributed by atoms with Crippen molar-refractivity contribution in [2.75, 3.05) is 0 Å². The van der Waals surface area contributed by atoms with Gasteiger partial charge in [0.15, 0.2) is 0 Å². The number of nitrogens with one attached hydrogen (secondary N) is 1. The summed E-state index contributed by atoms with van der Waals surface area (Å²) in [6, 6.07) is 2.89. The van der Waals surface area contributed by atoms with E-state index in [2.05, 4.69) is 5.32 Å². The van der Waals surface area contributed by atoms with E-state index in [4.69, 9.17) is 4.74 Å². The van der Waals surface area contributed by atoms with E-state index >= 15 is 0 Å². The molecular weight excluding hydrogens is 220 g/mol. The third-order valence-corrected chi connectivity index (χ3v) is 2.11. The van der Waals surface area contributed by atoms with E-state index in [1.807, 2.05) is 19.3 Å².